The summed E-state index contributed by atoms with van der Waals surface area (Å²) >= 11 is 0. The SMILES string of the molecule is COc1ccc(CC(=O)Nc2ccc(NCc3ccc(F)cc3)nc2)cc1OC. The van der Waals surface area contributed by atoms with Crippen LogP contribution in [0.5, 0.6) is 11.5 Å². The van der Waals surface area contributed by atoms with Gasteiger partial charge in [-0.25, -0.2) is 9.37 Å². The normalized spacial score (nSPS) is 10.3. The Hall–Kier alpha value is -3.61. The van der Waals surface area contributed by atoms with Gasteiger partial charge in [-0.05, 0) is 47.5 Å². The average molecular weight is 395 g/mol. The molecule has 2 N–H and O–H groups in total. The van der Waals surface area contributed by atoms with Crippen molar-refractivity contribution >= 4 is 17.4 Å². The molecule has 0 saturated heterocycles. The van der Waals surface area contributed by atoms with Crippen LogP contribution in [0.3, 0.4) is 0 Å². The highest BCUT2D eigenvalue weighted by Gasteiger charge is 2.09. The summed E-state index contributed by atoms with van der Waals surface area (Å²) in [7, 11) is 3.12. The first-order chi connectivity index (χ1) is 14.1. The number of ether oxygens (including phenoxy) is 2. The fraction of sp³-hybridized carbons (Fsp3) is 0.182. The first kappa shape index (κ1) is 20.1. The van der Waals surface area contributed by atoms with E-state index < -0.39 is 0 Å². The van der Waals surface area contributed by atoms with Crippen molar-refractivity contribution in [3.63, 3.8) is 0 Å². The number of amides is 1. The van der Waals surface area contributed by atoms with Gasteiger partial charge in [0.05, 0.1) is 32.5 Å². The lowest BCUT2D eigenvalue weighted by Gasteiger charge is -2.10. The smallest absolute Gasteiger partial charge is 0.228 e. The largest absolute Gasteiger partial charge is 0.493 e. The highest BCUT2D eigenvalue weighted by molar-refractivity contribution is 5.92. The maximum Gasteiger partial charge on any atom is 0.228 e. The van der Waals surface area contributed by atoms with Crippen LogP contribution in [-0.2, 0) is 17.8 Å². The van der Waals surface area contributed by atoms with Gasteiger partial charge in [0, 0.05) is 6.54 Å². The number of anilines is 2. The van der Waals surface area contributed by atoms with Gasteiger partial charge in [0.15, 0.2) is 11.5 Å². The molecule has 29 heavy (non-hydrogen) atoms. The number of aromatic nitrogens is 1. The number of methoxy groups -OCH3 is 2. The molecule has 1 aromatic heterocycles. The summed E-state index contributed by atoms with van der Waals surface area (Å²) in [6.45, 7) is 0.526. The number of pyridine rings is 1. The van der Waals surface area contributed by atoms with E-state index in [2.05, 4.69) is 15.6 Å². The highest BCUT2D eigenvalue weighted by Crippen LogP contribution is 2.27. The molecule has 6 nitrogen and oxygen atoms in total. The van der Waals surface area contributed by atoms with E-state index in [1.165, 1.54) is 12.1 Å². The van der Waals surface area contributed by atoms with E-state index in [0.717, 1.165) is 11.1 Å². The Morgan fingerprint density at radius 3 is 2.34 bits per heavy atom. The summed E-state index contributed by atoms with van der Waals surface area (Å²) in [5, 5.41) is 5.97. The molecule has 2 aromatic carbocycles. The van der Waals surface area contributed by atoms with E-state index in [9.17, 15) is 9.18 Å². The Kier molecular flexibility index (Phi) is 6.63. The Morgan fingerprint density at radius 1 is 0.966 bits per heavy atom. The predicted molar refractivity (Wildman–Crippen MR) is 110 cm³/mol. The van der Waals surface area contributed by atoms with Gasteiger partial charge in [0.25, 0.3) is 0 Å². The third-order valence-corrected chi connectivity index (χ3v) is 4.25. The molecule has 0 bridgehead atoms. The van der Waals surface area contributed by atoms with Gasteiger partial charge >= 0.3 is 0 Å². The van der Waals surface area contributed by atoms with Gasteiger partial charge < -0.3 is 20.1 Å². The standard InChI is InChI=1S/C22H22FN3O3/c1-28-19-9-5-16(11-20(19)29-2)12-22(27)26-18-8-10-21(25-14-18)24-13-15-3-6-17(23)7-4-15/h3-11,14H,12-13H2,1-2H3,(H,24,25)(H,26,27). The zero-order valence-electron chi connectivity index (χ0n) is 16.2. The number of nitrogens with one attached hydrogen (secondary N) is 2. The van der Waals surface area contributed by atoms with Crippen molar-refractivity contribution in [2.45, 2.75) is 13.0 Å². The topological polar surface area (TPSA) is 72.5 Å². The Morgan fingerprint density at radius 2 is 1.69 bits per heavy atom. The number of carbonyl (C=O) groups is 1. The number of halogens is 1. The quantitative estimate of drug-likeness (QED) is 0.603. The van der Waals surface area contributed by atoms with Gasteiger partial charge in [-0.3, -0.25) is 4.79 Å². The van der Waals surface area contributed by atoms with Gasteiger partial charge in [0.2, 0.25) is 5.91 Å². The predicted octanol–water partition coefficient (Wildman–Crippen LogP) is 4.03. The molecule has 1 heterocycles. The summed E-state index contributed by atoms with van der Waals surface area (Å²) in [4.78, 5) is 16.6. The first-order valence-corrected chi connectivity index (χ1v) is 9.02. The van der Waals surface area contributed by atoms with Crippen molar-refractivity contribution in [1.29, 1.82) is 0 Å². The summed E-state index contributed by atoms with van der Waals surface area (Å²) in [5.74, 6) is 1.43. The van der Waals surface area contributed by atoms with Crippen molar-refractivity contribution < 1.29 is 18.7 Å². The van der Waals surface area contributed by atoms with E-state index in [1.54, 1.807) is 56.8 Å². The van der Waals surface area contributed by atoms with E-state index >= 15 is 0 Å². The van der Waals surface area contributed by atoms with Crippen LogP contribution in [0.2, 0.25) is 0 Å². The second-order valence-electron chi connectivity index (χ2n) is 6.33. The summed E-state index contributed by atoms with van der Waals surface area (Å²) in [6.07, 6.45) is 1.78. The van der Waals surface area contributed by atoms with Crippen LogP contribution in [-0.4, -0.2) is 25.1 Å². The fourth-order valence-corrected chi connectivity index (χ4v) is 2.75. The second kappa shape index (κ2) is 9.54. The van der Waals surface area contributed by atoms with E-state index in [1.807, 2.05) is 6.07 Å². The molecule has 0 atom stereocenters. The molecule has 1 amide bonds. The minimum absolute atomic E-state index is 0.161. The van der Waals surface area contributed by atoms with Crippen LogP contribution >= 0.6 is 0 Å². The maximum atomic E-state index is 12.9. The maximum absolute atomic E-state index is 12.9. The number of hydrogen-bond donors (Lipinski definition) is 2. The van der Waals surface area contributed by atoms with Gasteiger partial charge in [-0.2, -0.15) is 0 Å². The number of nitrogens with zero attached hydrogens (tertiary/aromatic N) is 1. The first-order valence-electron chi connectivity index (χ1n) is 9.02. The van der Waals surface area contributed by atoms with Gasteiger partial charge in [0.1, 0.15) is 11.6 Å². The third kappa shape index (κ3) is 5.68. The molecule has 3 rings (SSSR count). The lowest BCUT2D eigenvalue weighted by molar-refractivity contribution is -0.115. The number of rotatable bonds is 8. The molecular weight excluding hydrogens is 373 g/mol. The molecule has 3 aromatic rings. The summed E-state index contributed by atoms with van der Waals surface area (Å²) in [6, 6.07) is 15.2. The van der Waals surface area contributed by atoms with Crippen molar-refractivity contribution in [2.75, 3.05) is 24.9 Å². The van der Waals surface area contributed by atoms with Crippen LogP contribution in [0.1, 0.15) is 11.1 Å². The molecule has 0 radical (unpaired) electrons. The summed E-state index contributed by atoms with van der Waals surface area (Å²) < 4.78 is 23.4. The van der Waals surface area contributed by atoms with Crippen LogP contribution in [0.15, 0.2) is 60.8 Å². The van der Waals surface area contributed by atoms with E-state index in [0.29, 0.717) is 29.5 Å². The monoisotopic (exact) mass is 395 g/mol. The highest BCUT2D eigenvalue weighted by atomic mass is 19.1. The van der Waals surface area contributed by atoms with Crippen molar-refractivity contribution in [2.24, 2.45) is 0 Å². The second-order valence-corrected chi connectivity index (χ2v) is 6.33. The molecule has 7 heteroatoms. The zero-order valence-corrected chi connectivity index (χ0v) is 16.2. The Balaban J connectivity index is 1.53. The molecular formula is C22H22FN3O3. The van der Waals surface area contributed by atoms with Crippen molar-refractivity contribution in [3.05, 3.63) is 77.7 Å². The molecule has 0 fully saturated rings. The molecule has 0 unspecified atom stereocenters. The van der Waals surface area contributed by atoms with Crippen molar-refractivity contribution in [1.82, 2.24) is 4.98 Å². The van der Waals surface area contributed by atoms with Crippen molar-refractivity contribution in [3.8, 4) is 11.5 Å². The average Bonchev–Trinajstić information content (AvgIpc) is 2.74. The lowest BCUT2D eigenvalue weighted by atomic mass is 10.1. The van der Waals surface area contributed by atoms with Gasteiger partial charge in [-0.15, -0.1) is 0 Å². The van der Waals surface area contributed by atoms with Gasteiger partial charge in [-0.1, -0.05) is 18.2 Å². The minimum Gasteiger partial charge on any atom is -0.493 e. The number of benzene rings is 2. The van der Waals surface area contributed by atoms with E-state index in [4.69, 9.17) is 9.47 Å². The molecule has 0 saturated carbocycles. The molecule has 0 spiro atoms. The lowest BCUT2D eigenvalue weighted by Crippen LogP contribution is -2.14. The zero-order chi connectivity index (χ0) is 20.6. The number of hydrogen-bond acceptors (Lipinski definition) is 5. The minimum atomic E-state index is -0.264. The number of carbonyl (C=O) groups excluding carboxylic acids is 1. The Bertz CT molecular complexity index is 960. The van der Waals surface area contributed by atoms with Crippen LogP contribution in [0.25, 0.3) is 0 Å². The molecule has 150 valence electrons. The summed E-state index contributed by atoms with van der Waals surface area (Å²) in [5.41, 5.74) is 2.36. The van der Waals surface area contributed by atoms with Crippen LogP contribution in [0, 0.1) is 5.82 Å². The fourth-order valence-electron chi connectivity index (χ4n) is 2.75. The van der Waals surface area contributed by atoms with E-state index in [-0.39, 0.29) is 18.1 Å². The molecule has 0 aliphatic carbocycles. The molecule has 0 aliphatic heterocycles. The van der Waals surface area contributed by atoms with Crippen LogP contribution in [0.4, 0.5) is 15.9 Å². The molecule has 0 aliphatic rings. The van der Waals surface area contributed by atoms with Crippen LogP contribution < -0.4 is 20.1 Å². The Labute approximate surface area is 168 Å². The third-order valence-electron chi connectivity index (χ3n) is 4.25.